The van der Waals surface area contributed by atoms with Crippen LogP contribution in [0.2, 0.25) is 5.15 Å². The van der Waals surface area contributed by atoms with E-state index in [0.29, 0.717) is 17.8 Å². The van der Waals surface area contributed by atoms with Gasteiger partial charge in [-0.3, -0.25) is 9.13 Å². The fraction of sp³-hybridized carbons (Fsp3) is 0.667. The first kappa shape index (κ1) is 25.6. The Hall–Kier alpha value is -1.03. The SMILES string of the molecule is CO[C@H](COP(=O)(O)CP(=O)(O)O)CC(C)c1cnc2c(OC3CCCC3)cc(Cl)nn12. The minimum atomic E-state index is -4.69. The molecule has 0 aliphatic heterocycles. The lowest BCUT2D eigenvalue weighted by Crippen LogP contribution is -2.21. The maximum Gasteiger partial charge on any atom is 0.340 e. The van der Waals surface area contributed by atoms with E-state index < -0.39 is 27.2 Å². The Morgan fingerprint density at radius 3 is 2.59 bits per heavy atom. The molecular formula is C18H28ClN3O8P2. The Balaban J connectivity index is 1.71. The molecule has 3 atom stereocenters. The summed E-state index contributed by atoms with van der Waals surface area (Å²) in [6.45, 7) is 1.60. The summed E-state index contributed by atoms with van der Waals surface area (Å²) >= 11 is 6.22. The number of halogens is 1. The van der Waals surface area contributed by atoms with Gasteiger partial charge in [0, 0.05) is 19.1 Å². The van der Waals surface area contributed by atoms with E-state index in [1.807, 2.05) is 6.92 Å². The summed E-state index contributed by atoms with van der Waals surface area (Å²) in [5.74, 6) is -0.838. The molecule has 1 aliphatic rings. The number of ether oxygens (including phenoxy) is 2. The Labute approximate surface area is 190 Å². The largest absolute Gasteiger partial charge is 0.486 e. The molecule has 3 rings (SSSR count). The van der Waals surface area contributed by atoms with Crippen molar-refractivity contribution in [2.45, 2.75) is 57.2 Å². The van der Waals surface area contributed by atoms with E-state index in [4.69, 9.17) is 35.4 Å². The summed E-state index contributed by atoms with van der Waals surface area (Å²) in [6.07, 6.45) is 5.80. The first-order valence-electron chi connectivity index (χ1n) is 10.2. The van der Waals surface area contributed by atoms with Gasteiger partial charge in [0.15, 0.2) is 22.5 Å². The number of hydrogen-bond acceptors (Lipinski definition) is 7. The summed E-state index contributed by atoms with van der Waals surface area (Å²) in [4.78, 5) is 31.9. The number of aromatic nitrogens is 3. The van der Waals surface area contributed by atoms with Gasteiger partial charge in [0.1, 0.15) is 0 Å². The first-order valence-corrected chi connectivity index (χ1v) is 14.2. The summed E-state index contributed by atoms with van der Waals surface area (Å²) in [7, 11) is -7.73. The quantitative estimate of drug-likeness (QED) is 0.382. The Morgan fingerprint density at radius 1 is 1.28 bits per heavy atom. The Bertz CT molecular complexity index is 1020. The van der Waals surface area contributed by atoms with Crippen molar-refractivity contribution in [1.29, 1.82) is 0 Å². The number of hydrogen-bond donors (Lipinski definition) is 3. The lowest BCUT2D eigenvalue weighted by Gasteiger charge is -2.21. The van der Waals surface area contributed by atoms with E-state index in [-0.39, 0.29) is 23.8 Å². The van der Waals surface area contributed by atoms with Crippen LogP contribution in [0.15, 0.2) is 12.3 Å². The minimum Gasteiger partial charge on any atom is -0.486 e. The van der Waals surface area contributed by atoms with Crippen LogP contribution in [-0.2, 0) is 18.4 Å². The predicted octanol–water partition coefficient (Wildman–Crippen LogP) is 3.55. The minimum absolute atomic E-state index is 0.132. The fourth-order valence-corrected chi connectivity index (χ4v) is 6.52. The van der Waals surface area contributed by atoms with E-state index in [2.05, 4.69) is 10.1 Å². The van der Waals surface area contributed by atoms with Crippen molar-refractivity contribution in [2.24, 2.45) is 0 Å². The van der Waals surface area contributed by atoms with Crippen molar-refractivity contribution in [1.82, 2.24) is 14.6 Å². The number of nitrogens with zero attached hydrogens (tertiary/aromatic N) is 3. The highest BCUT2D eigenvalue weighted by atomic mass is 35.5. The molecule has 180 valence electrons. The highest BCUT2D eigenvalue weighted by Gasteiger charge is 2.32. The molecule has 0 aromatic carbocycles. The monoisotopic (exact) mass is 511 g/mol. The van der Waals surface area contributed by atoms with Crippen molar-refractivity contribution in [3.05, 3.63) is 23.1 Å². The molecule has 2 aromatic heterocycles. The Kier molecular flexibility index (Phi) is 8.39. The van der Waals surface area contributed by atoms with Gasteiger partial charge in [-0.2, -0.15) is 5.10 Å². The normalized spacial score (nSPS) is 19.2. The molecule has 0 radical (unpaired) electrons. The second-order valence-corrected chi connectivity index (χ2v) is 12.4. The molecule has 2 unspecified atom stereocenters. The third-order valence-corrected chi connectivity index (χ3v) is 8.95. The molecule has 11 nitrogen and oxygen atoms in total. The van der Waals surface area contributed by atoms with E-state index in [9.17, 15) is 14.0 Å². The lowest BCUT2D eigenvalue weighted by atomic mass is 10.0. The van der Waals surface area contributed by atoms with Gasteiger partial charge in [0.05, 0.1) is 30.7 Å². The summed E-state index contributed by atoms with van der Waals surface area (Å²) in [5.41, 5.74) is 1.29. The van der Waals surface area contributed by atoms with Gasteiger partial charge in [0.2, 0.25) is 0 Å². The zero-order chi connectivity index (χ0) is 23.5. The van der Waals surface area contributed by atoms with Gasteiger partial charge in [-0.1, -0.05) is 18.5 Å². The zero-order valence-electron chi connectivity index (χ0n) is 17.8. The van der Waals surface area contributed by atoms with Gasteiger partial charge in [-0.05, 0) is 32.1 Å². The highest BCUT2D eigenvalue weighted by Crippen LogP contribution is 2.55. The van der Waals surface area contributed by atoms with Crippen LogP contribution in [-0.4, -0.2) is 61.1 Å². The highest BCUT2D eigenvalue weighted by molar-refractivity contribution is 7.70. The van der Waals surface area contributed by atoms with Crippen molar-refractivity contribution in [3.63, 3.8) is 0 Å². The zero-order valence-corrected chi connectivity index (χ0v) is 20.4. The maximum absolute atomic E-state index is 11.9. The predicted molar refractivity (Wildman–Crippen MR) is 117 cm³/mol. The van der Waals surface area contributed by atoms with Gasteiger partial charge >= 0.3 is 15.2 Å². The molecule has 1 aliphatic carbocycles. The second-order valence-electron chi connectivity index (χ2n) is 8.01. The molecule has 32 heavy (non-hydrogen) atoms. The molecular weight excluding hydrogens is 484 g/mol. The molecule has 1 saturated carbocycles. The van der Waals surface area contributed by atoms with Crippen LogP contribution >= 0.6 is 26.8 Å². The van der Waals surface area contributed by atoms with Gasteiger partial charge in [-0.25, -0.2) is 9.50 Å². The second kappa shape index (κ2) is 10.5. The average Bonchev–Trinajstić information content (AvgIpc) is 3.32. The fourth-order valence-electron chi connectivity index (χ4n) is 3.76. The molecule has 2 heterocycles. The van der Waals surface area contributed by atoms with Gasteiger partial charge in [-0.15, -0.1) is 0 Å². The standard InChI is InChI=1S/C18H28ClN3O8P2/c1-12(7-14(28-2)10-29-32(26,27)11-31(23,24)25)15-9-20-18-16(8-17(19)21-22(15)18)30-13-5-3-4-6-13/h8-9,12-14H,3-7,10-11H2,1-2H3,(H,26,27)(H2,23,24,25)/t12?,14-/m0/s1. The molecule has 0 spiro atoms. The van der Waals surface area contributed by atoms with Crippen LogP contribution in [0.5, 0.6) is 5.75 Å². The van der Waals surface area contributed by atoms with Gasteiger partial charge in [0.25, 0.3) is 0 Å². The number of fused-ring (bicyclic) bond motifs is 1. The Morgan fingerprint density at radius 2 is 1.97 bits per heavy atom. The van der Waals surface area contributed by atoms with Crippen LogP contribution in [0, 0.1) is 0 Å². The van der Waals surface area contributed by atoms with Crippen LogP contribution in [0.3, 0.4) is 0 Å². The third kappa shape index (κ3) is 6.98. The molecule has 2 aromatic rings. The van der Waals surface area contributed by atoms with E-state index >= 15 is 0 Å². The topological polar surface area (TPSA) is 153 Å². The molecule has 0 bridgehead atoms. The van der Waals surface area contributed by atoms with Crippen molar-refractivity contribution < 1.29 is 37.8 Å². The molecule has 0 saturated heterocycles. The molecule has 0 amide bonds. The lowest BCUT2D eigenvalue weighted by molar-refractivity contribution is 0.0440. The number of rotatable bonds is 11. The summed E-state index contributed by atoms with van der Waals surface area (Å²) in [6, 6.07) is 1.66. The van der Waals surface area contributed by atoms with Gasteiger partial charge < -0.3 is 28.7 Å². The maximum atomic E-state index is 11.9. The summed E-state index contributed by atoms with van der Waals surface area (Å²) in [5, 5.41) is 4.61. The first-order chi connectivity index (χ1) is 15.0. The number of methoxy groups -OCH3 is 1. The third-order valence-electron chi connectivity index (χ3n) is 5.31. The molecule has 1 fully saturated rings. The van der Waals surface area contributed by atoms with Crippen molar-refractivity contribution >= 4 is 32.4 Å². The van der Waals surface area contributed by atoms with Crippen LogP contribution in [0.25, 0.3) is 5.65 Å². The van der Waals surface area contributed by atoms with E-state index in [1.54, 1.807) is 16.8 Å². The summed E-state index contributed by atoms with van der Waals surface area (Å²) < 4.78 is 40.8. The molecule has 3 N–H and O–H groups in total. The van der Waals surface area contributed by atoms with E-state index in [1.165, 1.54) is 7.11 Å². The number of imidazole rings is 1. The van der Waals surface area contributed by atoms with Crippen LogP contribution < -0.4 is 4.74 Å². The average molecular weight is 512 g/mol. The van der Waals surface area contributed by atoms with Crippen molar-refractivity contribution in [2.75, 3.05) is 19.6 Å². The van der Waals surface area contributed by atoms with Crippen LogP contribution in [0.1, 0.15) is 50.6 Å². The smallest absolute Gasteiger partial charge is 0.340 e. The van der Waals surface area contributed by atoms with Crippen molar-refractivity contribution in [3.8, 4) is 5.75 Å². The van der Waals surface area contributed by atoms with E-state index in [0.717, 1.165) is 31.4 Å². The molecule has 14 heteroatoms. The van der Waals surface area contributed by atoms with Crippen LogP contribution in [0.4, 0.5) is 0 Å².